The number of nitrogens with zero attached hydrogens (tertiary/aromatic N) is 2. The lowest BCUT2D eigenvalue weighted by molar-refractivity contribution is 0.0314. The first-order valence-corrected chi connectivity index (χ1v) is 8.14. The Bertz CT molecular complexity index is 972. The Hall–Kier alpha value is -2.95. The molecule has 2 aromatic heterocycles. The van der Waals surface area contributed by atoms with Crippen LogP contribution >= 0.6 is 0 Å². The molecule has 0 N–H and O–H groups in total. The van der Waals surface area contributed by atoms with Crippen molar-refractivity contribution in [2.45, 2.75) is 33.8 Å². The SMILES string of the molecule is Cc1ccc(C(=O)[C@H](C)OC(=O)c2cn3c(C)cccc3n2)cc1C. The van der Waals surface area contributed by atoms with Crippen LogP contribution in [0.15, 0.2) is 42.6 Å². The lowest BCUT2D eigenvalue weighted by Gasteiger charge is -2.12. The maximum atomic E-state index is 12.5. The molecule has 1 aromatic carbocycles. The second-order valence-electron chi connectivity index (χ2n) is 6.23. The predicted octanol–water partition coefficient (Wildman–Crippen LogP) is 3.69. The second kappa shape index (κ2) is 6.51. The molecule has 3 rings (SSSR count). The average Bonchev–Trinajstić information content (AvgIpc) is 3.02. The number of esters is 1. The van der Waals surface area contributed by atoms with Crippen molar-refractivity contribution in [1.29, 1.82) is 0 Å². The number of benzene rings is 1. The number of ketones is 1. The topological polar surface area (TPSA) is 60.7 Å². The van der Waals surface area contributed by atoms with Crippen molar-refractivity contribution in [3.8, 4) is 0 Å². The normalized spacial score (nSPS) is 12.2. The van der Waals surface area contributed by atoms with Gasteiger partial charge in [-0.3, -0.25) is 4.79 Å². The summed E-state index contributed by atoms with van der Waals surface area (Å²) in [6.45, 7) is 7.44. The molecule has 0 fully saturated rings. The van der Waals surface area contributed by atoms with E-state index in [2.05, 4.69) is 4.98 Å². The van der Waals surface area contributed by atoms with Gasteiger partial charge >= 0.3 is 5.97 Å². The van der Waals surface area contributed by atoms with E-state index in [9.17, 15) is 9.59 Å². The first-order chi connectivity index (χ1) is 11.9. The van der Waals surface area contributed by atoms with Gasteiger partial charge < -0.3 is 9.14 Å². The molecule has 0 aliphatic heterocycles. The highest BCUT2D eigenvalue weighted by atomic mass is 16.5. The van der Waals surface area contributed by atoms with Crippen LogP contribution in [0.4, 0.5) is 0 Å². The van der Waals surface area contributed by atoms with Crippen molar-refractivity contribution in [2.24, 2.45) is 0 Å². The quantitative estimate of drug-likeness (QED) is 0.538. The van der Waals surface area contributed by atoms with E-state index in [-0.39, 0.29) is 11.5 Å². The number of aryl methyl sites for hydroxylation is 3. The van der Waals surface area contributed by atoms with Crippen molar-refractivity contribution in [3.05, 3.63) is 70.7 Å². The zero-order valence-corrected chi connectivity index (χ0v) is 14.7. The van der Waals surface area contributed by atoms with Gasteiger partial charge in [-0.1, -0.05) is 18.2 Å². The summed E-state index contributed by atoms with van der Waals surface area (Å²) in [6, 6.07) is 11.1. The molecule has 0 spiro atoms. The molecular weight excluding hydrogens is 316 g/mol. The van der Waals surface area contributed by atoms with Crippen molar-refractivity contribution in [1.82, 2.24) is 9.38 Å². The van der Waals surface area contributed by atoms with E-state index in [1.54, 1.807) is 19.2 Å². The van der Waals surface area contributed by atoms with Gasteiger partial charge in [-0.25, -0.2) is 9.78 Å². The summed E-state index contributed by atoms with van der Waals surface area (Å²) in [5.41, 5.74) is 4.49. The molecule has 0 aliphatic carbocycles. The van der Waals surface area contributed by atoms with Gasteiger partial charge in [-0.15, -0.1) is 0 Å². The monoisotopic (exact) mass is 336 g/mol. The Labute approximate surface area is 146 Å². The zero-order chi connectivity index (χ0) is 18.1. The van der Waals surface area contributed by atoms with Gasteiger partial charge in [0, 0.05) is 17.5 Å². The fourth-order valence-corrected chi connectivity index (χ4v) is 2.65. The maximum absolute atomic E-state index is 12.5. The second-order valence-corrected chi connectivity index (χ2v) is 6.23. The van der Waals surface area contributed by atoms with Crippen LogP contribution < -0.4 is 0 Å². The number of fused-ring (bicyclic) bond motifs is 1. The highest BCUT2D eigenvalue weighted by Gasteiger charge is 2.22. The molecule has 0 saturated heterocycles. The minimum atomic E-state index is -0.875. The Morgan fingerprint density at radius 3 is 2.52 bits per heavy atom. The third kappa shape index (κ3) is 3.31. The number of hydrogen-bond donors (Lipinski definition) is 0. The highest BCUT2D eigenvalue weighted by molar-refractivity contribution is 6.01. The zero-order valence-electron chi connectivity index (χ0n) is 14.7. The Kier molecular flexibility index (Phi) is 4.40. The number of Topliss-reactive ketones (excluding diaryl/α,β-unsaturated/α-hetero) is 1. The van der Waals surface area contributed by atoms with E-state index in [1.807, 2.05) is 55.5 Å². The number of carbonyl (C=O) groups excluding carboxylic acids is 2. The van der Waals surface area contributed by atoms with E-state index in [4.69, 9.17) is 4.74 Å². The lowest BCUT2D eigenvalue weighted by atomic mass is 10.0. The molecule has 0 unspecified atom stereocenters. The van der Waals surface area contributed by atoms with Crippen molar-refractivity contribution >= 4 is 17.4 Å². The molecule has 0 bridgehead atoms. The van der Waals surface area contributed by atoms with Crippen LogP contribution in [0.5, 0.6) is 0 Å². The highest BCUT2D eigenvalue weighted by Crippen LogP contribution is 2.15. The lowest BCUT2D eigenvalue weighted by Crippen LogP contribution is -2.24. The molecule has 1 atom stereocenters. The van der Waals surface area contributed by atoms with Crippen LogP contribution in [0.3, 0.4) is 0 Å². The molecule has 2 heterocycles. The van der Waals surface area contributed by atoms with Crippen LogP contribution in [0.25, 0.3) is 5.65 Å². The fraction of sp³-hybridized carbons (Fsp3) is 0.250. The summed E-state index contributed by atoms with van der Waals surface area (Å²) < 4.78 is 7.14. The van der Waals surface area contributed by atoms with Crippen LogP contribution in [-0.2, 0) is 4.74 Å². The molecule has 3 aromatic rings. The van der Waals surface area contributed by atoms with E-state index < -0.39 is 12.1 Å². The van der Waals surface area contributed by atoms with Crippen molar-refractivity contribution < 1.29 is 14.3 Å². The Morgan fingerprint density at radius 1 is 1.08 bits per heavy atom. The first kappa shape index (κ1) is 16.9. The van der Waals surface area contributed by atoms with E-state index in [0.29, 0.717) is 11.2 Å². The standard InChI is InChI=1S/C20H20N2O3/c1-12-8-9-16(10-13(12)2)19(23)15(4)25-20(24)17-11-22-14(3)6-5-7-18(22)21-17/h5-11,15H,1-4H3/t15-/m0/s1. The summed E-state index contributed by atoms with van der Waals surface area (Å²) in [5.74, 6) is -0.829. The third-order valence-corrected chi connectivity index (χ3v) is 4.35. The largest absolute Gasteiger partial charge is 0.449 e. The first-order valence-electron chi connectivity index (χ1n) is 8.14. The minimum Gasteiger partial charge on any atom is -0.449 e. The number of hydrogen-bond acceptors (Lipinski definition) is 4. The number of pyridine rings is 1. The van der Waals surface area contributed by atoms with Crippen LogP contribution in [0, 0.1) is 20.8 Å². The summed E-state index contributed by atoms with van der Waals surface area (Å²) >= 11 is 0. The third-order valence-electron chi connectivity index (χ3n) is 4.35. The van der Waals surface area contributed by atoms with Gasteiger partial charge in [-0.2, -0.15) is 0 Å². The number of ether oxygens (including phenoxy) is 1. The van der Waals surface area contributed by atoms with Crippen LogP contribution in [0.1, 0.15) is 44.6 Å². The smallest absolute Gasteiger partial charge is 0.359 e. The predicted molar refractivity (Wildman–Crippen MR) is 95.1 cm³/mol. The molecule has 5 nitrogen and oxygen atoms in total. The van der Waals surface area contributed by atoms with Crippen molar-refractivity contribution in [2.75, 3.05) is 0 Å². The number of carbonyl (C=O) groups is 2. The Balaban J connectivity index is 1.77. The fourth-order valence-electron chi connectivity index (χ4n) is 2.65. The van der Waals surface area contributed by atoms with Crippen LogP contribution in [-0.4, -0.2) is 27.2 Å². The Morgan fingerprint density at radius 2 is 1.84 bits per heavy atom. The minimum absolute atomic E-state index is 0.189. The number of aromatic nitrogens is 2. The van der Waals surface area contributed by atoms with Gasteiger partial charge in [0.2, 0.25) is 5.78 Å². The van der Waals surface area contributed by atoms with Gasteiger partial charge in [0.15, 0.2) is 11.8 Å². The van der Waals surface area contributed by atoms with E-state index >= 15 is 0 Å². The van der Waals surface area contributed by atoms with E-state index in [1.165, 1.54) is 0 Å². The average molecular weight is 336 g/mol. The van der Waals surface area contributed by atoms with Crippen molar-refractivity contribution in [3.63, 3.8) is 0 Å². The van der Waals surface area contributed by atoms with E-state index in [0.717, 1.165) is 16.8 Å². The molecule has 5 heteroatoms. The summed E-state index contributed by atoms with van der Waals surface area (Å²) in [6.07, 6.45) is 0.751. The molecule has 0 amide bonds. The van der Waals surface area contributed by atoms with Gasteiger partial charge in [0.05, 0.1) is 0 Å². The maximum Gasteiger partial charge on any atom is 0.359 e. The number of rotatable bonds is 4. The molecular formula is C20H20N2O3. The summed E-state index contributed by atoms with van der Waals surface area (Å²) in [7, 11) is 0. The van der Waals surface area contributed by atoms with Gasteiger partial charge in [0.25, 0.3) is 0 Å². The van der Waals surface area contributed by atoms with Gasteiger partial charge in [0.1, 0.15) is 5.65 Å². The molecule has 0 aliphatic rings. The molecule has 25 heavy (non-hydrogen) atoms. The summed E-state index contributed by atoms with van der Waals surface area (Å²) in [5, 5.41) is 0. The summed E-state index contributed by atoms with van der Waals surface area (Å²) in [4.78, 5) is 29.1. The molecule has 0 radical (unpaired) electrons. The molecule has 0 saturated carbocycles. The molecule has 128 valence electrons. The van der Waals surface area contributed by atoms with Crippen LogP contribution in [0.2, 0.25) is 0 Å². The number of imidazole rings is 1. The van der Waals surface area contributed by atoms with Gasteiger partial charge in [-0.05, 0) is 57.0 Å².